The Morgan fingerprint density at radius 1 is 1.16 bits per heavy atom. The summed E-state index contributed by atoms with van der Waals surface area (Å²) in [7, 11) is -0.696. The number of aliphatic hydroxyl groups is 3. The number of hydrogen-bond donors (Lipinski definition) is 6. The molecule has 1 heterocycles. The van der Waals surface area contributed by atoms with Gasteiger partial charge in [-0.25, -0.2) is 15.7 Å². The molecule has 1 unspecified atom stereocenters. The highest BCUT2D eigenvalue weighted by Gasteiger charge is 2.40. The van der Waals surface area contributed by atoms with Gasteiger partial charge in [-0.2, -0.15) is 0 Å². The van der Waals surface area contributed by atoms with Crippen molar-refractivity contribution in [3.8, 4) is 5.75 Å². The normalized spacial score (nSPS) is 26.9. The van der Waals surface area contributed by atoms with Crippen LogP contribution >= 0.6 is 22.5 Å². The van der Waals surface area contributed by atoms with Gasteiger partial charge in [0.25, 0.3) is 0 Å². The van der Waals surface area contributed by atoms with Crippen molar-refractivity contribution >= 4 is 28.6 Å². The van der Waals surface area contributed by atoms with Gasteiger partial charge in [-0.3, -0.25) is 0 Å². The number of ether oxygens (including phenoxy) is 1. The molecule has 1 aliphatic heterocycles. The minimum Gasteiger partial charge on any atom is -0.492 e. The van der Waals surface area contributed by atoms with E-state index < -0.39 is 35.3 Å². The highest BCUT2D eigenvalue weighted by Crippen LogP contribution is 2.48. The summed E-state index contributed by atoms with van der Waals surface area (Å²) in [5, 5.41) is 41.8. The Balaban J connectivity index is 1.69. The van der Waals surface area contributed by atoms with Crippen LogP contribution in [0, 0.1) is 0 Å². The molecule has 0 spiro atoms. The number of thiol groups is 1. The van der Waals surface area contributed by atoms with Crippen LogP contribution in [0.3, 0.4) is 0 Å². The Bertz CT molecular complexity index is 896. The number of hydrogen-bond acceptors (Lipinski definition) is 5. The molecule has 1 saturated heterocycles. The number of benzene rings is 2. The van der Waals surface area contributed by atoms with Crippen molar-refractivity contribution in [1.82, 2.24) is 5.32 Å². The molecule has 0 aliphatic carbocycles. The van der Waals surface area contributed by atoms with Crippen molar-refractivity contribution in [2.75, 3.05) is 25.2 Å². The molecule has 170 valence electrons. The van der Waals surface area contributed by atoms with Gasteiger partial charge in [0, 0.05) is 16.0 Å². The van der Waals surface area contributed by atoms with Crippen LogP contribution in [-0.4, -0.2) is 70.0 Å². The third-order valence-electron chi connectivity index (χ3n) is 5.39. The van der Waals surface area contributed by atoms with E-state index in [1.165, 1.54) is 0 Å². The summed E-state index contributed by atoms with van der Waals surface area (Å²) >= 11 is 6.42. The Hall–Kier alpha value is -1.97. The molecule has 5 atom stereocenters. The monoisotopic (exact) mass is 469 g/mol. The van der Waals surface area contributed by atoms with E-state index in [1.54, 1.807) is 0 Å². The van der Waals surface area contributed by atoms with Crippen LogP contribution in [0.2, 0.25) is 5.02 Å². The van der Waals surface area contributed by atoms with Gasteiger partial charge >= 0.3 is 6.09 Å². The number of carbonyl (C=O) groups is 1. The van der Waals surface area contributed by atoms with Gasteiger partial charge in [-0.1, -0.05) is 35.9 Å². The number of aliphatic hydroxyl groups excluding tert-OH is 3. The second-order valence-electron chi connectivity index (χ2n) is 7.68. The average molecular weight is 470 g/mol. The molecule has 1 amide bonds. The molecule has 0 saturated carbocycles. The third-order valence-corrected chi connectivity index (χ3v) is 8.27. The molecule has 1 aliphatic rings. The van der Waals surface area contributed by atoms with E-state index >= 15 is 0 Å². The summed E-state index contributed by atoms with van der Waals surface area (Å²) in [6.07, 6.45) is -1.53. The van der Waals surface area contributed by atoms with E-state index in [9.17, 15) is 20.1 Å². The summed E-state index contributed by atoms with van der Waals surface area (Å²) in [6, 6.07) is 13.2. The molecule has 2 aromatic carbocycles. The van der Waals surface area contributed by atoms with E-state index in [2.05, 4.69) is 5.32 Å². The largest absolute Gasteiger partial charge is 0.492 e. The molecular formula is C22H28ClNO6S. The number of rotatable bonds is 7. The predicted molar refractivity (Wildman–Crippen MR) is 123 cm³/mol. The van der Waals surface area contributed by atoms with Crippen LogP contribution in [0.5, 0.6) is 5.75 Å². The van der Waals surface area contributed by atoms with E-state index in [1.807, 2.05) is 48.7 Å². The SMILES string of the molecule is C[SH]1C[C@@H](O)[C@@H](O)[C@@H](O)[C@@H]1c1ccc(Cl)c(Cc2ccc(OCCNC(=O)O)cc2)c1. The zero-order valence-electron chi connectivity index (χ0n) is 17.1. The van der Waals surface area contributed by atoms with Crippen LogP contribution in [0.4, 0.5) is 4.79 Å². The van der Waals surface area contributed by atoms with E-state index in [0.717, 1.165) is 16.7 Å². The summed E-state index contributed by atoms with van der Waals surface area (Å²) < 4.78 is 5.50. The molecule has 0 bridgehead atoms. The molecule has 2 aromatic rings. The van der Waals surface area contributed by atoms with Crippen molar-refractivity contribution in [3.05, 3.63) is 64.2 Å². The fraction of sp³-hybridized carbons (Fsp3) is 0.409. The zero-order valence-corrected chi connectivity index (χ0v) is 18.8. The minimum atomic E-state index is -1.15. The van der Waals surface area contributed by atoms with Gasteiger partial charge in [0.2, 0.25) is 0 Å². The van der Waals surface area contributed by atoms with Crippen LogP contribution in [0.25, 0.3) is 0 Å². The lowest BCUT2D eigenvalue weighted by Gasteiger charge is -2.42. The summed E-state index contributed by atoms with van der Waals surface area (Å²) in [5.41, 5.74) is 2.85. The van der Waals surface area contributed by atoms with Crippen molar-refractivity contribution in [2.45, 2.75) is 30.0 Å². The average Bonchev–Trinajstić information content (AvgIpc) is 2.73. The van der Waals surface area contributed by atoms with Crippen LogP contribution < -0.4 is 10.1 Å². The predicted octanol–water partition coefficient (Wildman–Crippen LogP) is 2.35. The van der Waals surface area contributed by atoms with Gasteiger partial charge in [0.05, 0.1) is 18.8 Å². The third kappa shape index (κ3) is 6.05. The lowest BCUT2D eigenvalue weighted by atomic mass is 9.96. The van der Waals surface area contributed by atoms with Crippen molar-refractivity contribution < 1.29 is 30.0 Å². The molecule has 0 radical (unpaired) electrons. The summed E-state index contributed by atoms with van der Waals surface area (Å²) in [5.74, 6) is 1.13. The maximum Gasteiger partial charge on any atom is 0.404 e. The van der Waals surface area contributed by atoms with Gasteiger partial charge in [0.1, 0.15) is 18.5 Å². The molecule has 31 heavy (non-hydrogen) atoms. The molecule has 1 fully saturated rings. The molecule has 5 N–H and O–H groups in total. The van der Waals surface area contributed by atoms with Crippen LogP contribution in [0.15, 0.2) is 42.5 Å². The van der Waals surface area contributed by atoms with Gasteiger partial charge < -0.3 is 30.5 Å². The number of amides is 1. The Morgan fingerprint density at radius 2 is 1.87 bits per heavy atom. The van der Waals surface area contributed by atoms with Crippen molar-refractivity contribution in [2.24, 2.45) is 0 Å². The lowest BCUT2D eigenvalue weighted by Crippen LogP contribution is -2.47. The highest BCUT2D eigenvalue weighted by molar-refractivity contribution is 8.16. The van der Waals surface area contributed by atoms with Crippen molar-refractivity contribution in [1.29, 1.82) is 0 Å². The maximum atomic E-state index is 10.6. The molecule has 0 aromatic heterocycles. The van der Waals surface area contributed by atoms with Crippen molar-refractivity contribution in [3.63, 3.8) is 0 Å². The standard InChI is InChI=1S/C22H28ClNO6S/c1-31-12-18(25)19(26)20(27)21(31)14-4-7-17(23)15(11-14)10-13-2-5-16(6-3-13)30-9-8-24-22(28)29/h2-7,11,18-21,24-27,31H,8-10,12H2,1H3,(H,28,29)/t18-,19-,20-,21+/m1/s1. The second-order valence-corrected chi connectivity index (χ2v) is 10.5. The number of carboxylic acid groups (broad SMARTS) is 1. The first-order valence-electron chi connectivity index (χ1n) is 9.97. The van der Waals surface area contributed by atoms with Gasteiger partial charge in [-0.05, 0) is 47.6 Å². The number of halogens is 1. The van der Waals surface area contributed by atoms with E-state index in [-0.39, 0.29) is 18.4 Å². The fourth-order valence-corrected chi connectivity index (χ4v) is 6.39. The van der Waals surface area contributed by atoms with Gasteiger partial charge in [0.15, 0.2) is 0 Å². The summed E-state index contributed by atoms with van der Waals surface area (Å²) in [4.78, 5) is 10.4. The fourth-order valence-electron chi connectivity index (χ4n) is 3.81. The first-order valence-corrected chi connectivity index (χ1v) is 12.4. The Kier molecular flexibility index (Phi) is 8.07. The number of nitrogens with one attached hydrogen (secondary N) is 1. The lowest BCUT2D eigenvalue weighted by molar-refractivity contribution is -0.0561. The van der Waals surface area contributed by atoms with E-state index in [0.29, 0.717) is 22.9 Å². The first-order chi connectivity index (χ1) is 14.8. The smallest absolute Gasteiger partial charge is 0.404 e. The van der Waals surface area contributed by atoms with E-state index in [4.69, 9.17) is 21.4 Å². The van der Waals surface area contributed by atoms with Crippen LogP contribution in [-0.2, 0) is 6.42 Å². The Morgan fingerprint density at radius 3 is 2.55 bits per heavy atom. The molecular weight excluding hydrogens is 442 g/mol. The second kappa shape index (κ2) is 10.6. The molecule has 9 heteroatoms. The topological polar surface area (TPSA) is 119 Å². The molecule has 7 nitrogen and oxygen atoms in total. The first kappa shape index (κ1) is 23.7. The zero-order chi connectivity index (χ0) is 22.5. The molecule has 3 rings (SSSR count). The maximum absolute atomic E-state index is 10.6. The van der Waals surface area contributed by atoms with Gasteiger partial charge in [-0.15, -0.1) is 0 Å². The minimum absolute atomic E-state index is 0.207. The quantitative estimate of drug-likeness (QED) is 0.273. The summed E-state index contributed by atoms with van der Waals surface area (Å²) in [6.45, 7) is 0.446. The van der Waals surface area contributed by atoms with Crippen LogP contribution in [0.1, 0.15) is 21.9 Å². The highest BCUT2D eigenvalue weighted by atomic mass is 35.5. The Labute approximate surface area is 189 Å².